The molecule has 3 heterocycles. The van der Waals surface area contributed by atoms with Gasteiger partial charge in [0, 0.05) is 19.0 Å². The van der Waals surface area contributed by atoms with Gasteiger partial charge in [0.1, 0.15) is 0 Å². The van der Waals surface area contributed by atoms with Crippen molar-refractivity contribution >= 4 is 11.9 Å². The number of fused-ring (bicyclic) bond motifs is 3. The van der Waals surface area contributed by atoms with E-state index in [-0.39, 0.29) is 30.1 Å². The fourth-order valence-electron chi connectivity index (χ4n) is 4.04. The summed E-state index contributed by atoms with van der Waals surface area (Å²) in [6, 6.07) is 0.125. The Hall–Kier alpha value is -2.05. The number of hydrogen-bond acceptors (Lipinski definition) is 3. The van der Waals surface area contributed by atoms with Crippen molar-refractivity contribution in [1.29, 1.82) is 0 Å². The zero-order valence-electron chi connectivity index (χ0n) is 12.5. The summed E-state index contributed by atoms with van der Waals surface area (Å²) in [5.41, 5.74) is 2.24. The fraction of sp³-hybridized carbons (Fsp3) is 0.667. The minimum atomic E-state index is -0.0450. The molecular formula is C15H21N5O2. The summed E-state index contributed by atoms with van der Waals surface area (Å²) in [4.78, 5) is 26.3. The molecule has 2 aliphatic heterocycles. The summed E-state index contributed by atoms with van der Waals surface area (Å²) in [6.07, 6.45) is 7.18. The van der Waals surface area contributed by atoms with E-state index in [0.717, 1.165) is 37.8 Å². The van der Waals surface area contributed by atoms with Crippen molar-refractivity contribution in [3.63, 3.8) is 0 Å². The summed E-state index contributed by atoms with van der Waals surface area (Å²) in [7, 11) is 0. The number of aryl methyl sites for hydroxylation is 1. The Balaban J connectivity index is 1.50. The van der Waals surface area contributed by atoms with Crippen molar-refractivity contribution in [2.45, 2.75) is 56.7 Å². The molecule has 0 aromatic carbocycles. The highest BCUT2D eigenvalue weighted by Crippen LogP contribution is 2.31. The summed E-state index contributed by atoms with van der Waals surface area (Å²) in [5.74, 6) is 0.0542. The number of urea groups is 1. The molecule has 118 valence electrons. The number of amides is 3. The molecule has 2 fully saturated rings. The third-order valence-corrected chi connectivity index (χ3v) is 5.15. The van der Waals surface area contributed by atoms with Crippen molar-refractivity contribution in [3.8, 4) is 0 Å². The van der Waals surface area contributed by atoms with Crippen molar-refractivity contribution in [2.24, 2.45) is 0 Å². The van der Waals surface area contributed by atoms with Gasteiger partial charge in [-0.25, -0.2) is 4.79 Å². The average Bonchev–Trinajstić information content (AvgIpc) is 3.07. The lowest BCUT2D eigenvalue weighted by molar-refractivity contribution is -0.121. The van der Waals surface area contributed by atoms with E-state index in [2.05, 4.69) is 20.8 Å². The molecule has 1 aliphatic carbocycles. The van der Waals surface area contributed by atoms with E-state index in [1.807, 2.05) is 11.1 Å². The standard InChI is InChI=1S/C15H21N5O2/c21-13-6-10-4-5-11(8-16-13)20(10)15(22)18-12-3-1-2-9-7-17-19-14(9)12/h7,10-12H,1-6,8H2,(H,16,21)(H,17,19)(H,18,22). The zero-order valence-corrected chi connectivity index (χ0v) is 12.5. The molecule has 2 bridgehead atoms. The molecular weight excluding hydrogens is 282 g/mol. The molecule has 1 aromatic heterocycles. The first kappa shape index (κ1) is 13.6. The molecule has 1 aromatic rings. The number of hydrogen-bond donors (Lipinski definition) is 3. The van der Waals surface area contributed by atoms with Crippen molar-refractivity contribution in [1.82, 2.24) is 25.7 Å². The molecule has 3 unspecified atom stereocenters. The van der Waals surface area contributed by atoms with Crippen LogP contribution in [0.4, 0.5) is 4.79 Å². The third kappa shape index (κ3) is 2.24. The number of aromatic nitrogens is 2. The van der Waals surface area contributed by atoms with Gasteiger partial charge in [0.2, 0.25) is 5.91 Å². The first-order valence-electron chi connectivity index (χ1n) is 8.10. The Kier molecular flexibility index (Phi) is 3.28. The molecule has 0 spiro atoms. The topological polar surface area (TPSA) is 90.1 Å². The van der Waals surface area contributed by atoms with Crippen molar-refractivity contribution < 1.29 is 9.59 Å². The average molecular weight is 303 g/mol. The van der Waals surface area contributed by atoms with Gasteiger partial charge >= 0.3 is 6.03 Å². The molecule has 3 N–H and O–H groups in total. The highest BCUT2D eigenvalue weighted by molar-refractivity contribution is 5.81. The number of aromatic amines is 1. The normalized spacial score (nSPS) is 30.5. The van der Waals surface area contributed by atoms with Crippen LogP contribution in [0.3, 0.4) is 0 Å². The molecule has 0 radical (unpaired) electrons. The lowest BCUT2D eigenvalue weighted by Gasteiger charge is -2.31. The van der Waals surface area contributed by atoms with E-state index < -0.39 is 0 Å². The van der Waals surface area contributed by atoms with Crippen LogP contribution in [0.5, 0.6) is 0 Å². The van der Waals surface area contributed by atoms with Gasteiger partial charge in [-0.2, -0.15) is 5.10 Å². The van der Waals surface area contributed by atoms with Gasteiger partial charge in [-0.1, -0.05) is 0 Å². The monoisotopic (exact) mass is 303 g/mol. The summed E-state index contributed by atoms with van der Waals surface area (Å²) < 4.78 is 0. The predicted molar refractivity (Wildman–Crippen MR) is 79.1 cm³/mol. The van der Waals surface area contributed by atoms with Gasteiger partial charge < -0.3 is 15.5 Å². The Bertz CT molecular complexity index is 599. The third-order valence-electron chi connectivity index (χ3n) is 5.15. The number of nitrogens with zero attached hydrogens (tertiary/aromatic N) is 2. The number of carbonyl (C=O) groups excluding carboxylic acids is 2. The maximum absolute atomic E-state index is 12.8. The molecule has 0 saturated carbocycles. The van der Waals surface area contributed by atoms with E-state index in [0.29, 0.717) is 13.0 Å². The van der Waals surface area contributed by atoms with Gasteiger partial charge in [-0.3, -0.25) is 9.89 Å². The second-order valence-electron chi connectivity index (χ2n) is 6.50. The van der Waals surface area contributed by atoms with Crippen LogP contribution in [-0.4, -0.2) is 45.7 Å². The Morgan fingerprint density at radius 2 is 2.18 bits per heavy atom. The maximum Gasteiger partial charge on any atom is 0.318 e. The van der Waals surface area contributed by atoms with Crippen LogP contribution >= 0.6 is 0 Å². The second-order valence-corrected chi connectivity index (χ2v) is 6.50. The lowest BCUT2D eigenvalue weighted by atomic mass is 9.94. The predicted octanol–water partition coefficient (Wildman–Crippen LogP) is 0.850. The van der Waals surface area contributed by atoms with Crippen molar-refractivity contribution in [3.05, 3.63) is 17.5 Å². The fourth-order valence-corrected chi connectivity index (χ4v) is 4.04. The quantitative estimate of drug-likeness (QED) is 0.718. The van der Waals surface area contributed by atoms with Gasteiger partial charge in [0.15, 0.2) is 0 Å². The molecule has 3 amide bonds. The lowest BCUT2D eigenvalue weighted by Crippen LogP contribution is -2.49. The van der Waals surface area contributed by atoms with E-state index in [4.69, 9.17) is 0 Å². The number of rotatable bonds is 1. The smallest absolute Gasteiger partial charge is 0.318 e. The summed E-state index contributed by atoms with van der Waals surface area (Å²) in [5, 5.41) is 13.2. The van der Waals surface area contributed by atoms with Crippen LogP contribution in [0.2, 0.25) is 0 Å². The van der Waals surface area contributed by atoms with Crippen molar-refractivity contribution in [2.75, 3.05) is 6.54 Å². The number of carbonyl (C=O) groups is 2. The minimum Gasteiger partial charge on any atom is -0.354 e. The SMILES string of the molecule is O=C1CC2CCC(CN1)N2C(=O)NC1CCCc2cn[nH]c21. The largest absolute Gasteiger partial charge is 0.354 e. The van der Waals surface area contributed by atoms with E-state index in [1.165, 1.54) is 5.56 Å². The summed E-state index contributed by atoms with van der Waals surface area (Å²) >= 11 is 0. The molecule has 7 nitrogen and oxygen atoms in total. The molecule has 3 atom stereocenters. The maximum atomic E-state index is 12.8. The van der Waals surface area contributed by atoms with E-state index >= 15 is 0 Å². The van der Waals surface area contributed by atoms with E-state index in [1.54, 1.807) is 0 Å². The van der Waals surface area contributed by atoms with Crippen LogP contribution in [0.1, 0.15) is 49.4 Å². The Morgan fingerprint density at radius 3 is 3.09 bits per heavy atom. The Morgan fingerprint density at radius 1 is 1.32 bits per heavy atom. The van der Waals surface area contributed by atoms with Crippen LogP contribution in [0.25, 0.3) is 0 Å². The Labute approximate surface area is 128 Å². The first-order chi connectivity index (χ1) is 10.7. The van der Waals surface area contributed by atoms with Gasteiger partial charge in [0.05, 0.1) is 24.0 Å². The first-order valence-corrected chi connectivity index (χ1v) is 8.10. The van der Waals surface area contributed by atoms with Gasteiger partial charge in [0.25, 0.3) is 0 Å². The molecule has 22 heavy (non-hydrogen) atoms. The summed E-state index contributed by atoms with van der Waals surface area (Å²) in [6.45, 7) is 0.572. The minimum absolute atomic E-state index is 0.00469. The van der Waals surface area contributed by atoms with Crippen LogP contribution in [0.15, 0.2) is 6.20 Å². The van der Waals surface area contributed by atoms with Crippen LogP contribution in [0, 0.1) is 0 Å². The zero-order chi connectivity index (χ0) is 15.1. The molecule has 4 rings (SSSR count). The van der Waals surface area contributed by atoms with Crippen LogP contribution < -0.4 is 10.6 Å². The molecule has 2 saturated heterocycles. The van der Waals surface area contributed by atoms with Gasteiger partial charge in [-0.05, 0) is 37.7 Å². The molecule has 7 heteroatoms. The highest BCUT2D eigenvalue weighted by Gasteiger charge is 2.41. The molecule has 3 aliphatic rings. The number of H-pyrrole nitrogens is 1. The number of nitrogens with one attached hydrogen (secondary N) is 3. The van der Waals surface area contributed by atoms with Crippen LogP contribution in [-0.2, 0) is 11.2 Å². The highest BCUT2D eigenvalue weighted by atomic mass is 16.2. The van der Waals surface area contributed by atoms with Gasteiger partial charge in [-0.15, -0.1) is 0 Å². The second kappa shape index (κ2) is 5.30. The van der Waals surface area contributed by atoms with E-state index in [9.17, 15) is 9.59 Å².